The molecule has 5 heteroatoms. The molecular weight excluding hydrogens is 245 g/mol. The predicted octanol–water partition coefficient (Wildman–Crippen LogP) is 3.11. The molecule has 0 fully saturated rings. The Hall–Kier alpha value is -1.52. The van der Waals surface area contributed by atoms with Crippen molar-refractivity contribution in [2.75, 3.05) is 0 Å². The van der Waals surface area contributed by atoms with E-state index in [0.717, 1.165) is 5.56 Å². The van der Waals surface area contributed by atoms with Crippen LogP contribution in [0.25, 0.3) is 0 Å². The number of rotatable bonds is 4. The molecule has 1 aromatic carbocycles. The molecule has 90 valence electrons. The highest BCUT2D eigenvalue weighted by atomic mass is 35.5. The molecule has 0 saturated heterocycles. The van der Waals surface area contributed by atoms with E-state index < -0.39 is 5.82 Å². The van der Waals surface area contributed by atoms with Crippen LogP contribution in [0.1, 0.15) is 11.3 Å². The third-order valence-electron chi connectivity index (χ3n) is 2.33. The predicted molar refractivity (Wildman–Crippen MR) is 62.3 cm³/mol. The molecule has 0 atom stereocenters. The van der Waals surface area contributed by atoms with Crippen LogP contribution in [0.4, 0.5) is 4.39 Å². The lowest BCUT2D eigenvalue weighted by Gasteiger charge is -2.07. The van der Waals surface area contributed by atoms with Gasteiger partial charge in [0.1, 0.15) is 12.4 Å². The van der Waals surface area contributed by atoms with Crippen LogP contribution in [0.5, 0.6) is 5.75 Å². The Morgan fingerprint density at radius 1 is 1.35 bits per heavy atom. The van der Waals surface area contributed by atoms with E-state index in [-0.39, 0.29) is 17.4 Å². The minimum absolute atomic E-state index is 0.0287. The topological polar surface area (TPSA) is 48.4 Å². The van der Waals surface area contributed by atoms with Crippen molar-refractivity contribution < 1.29 is 13.5 Å². The molecule has 3 nitrogen and oxygen atoms in total. The molecule has 1 heterocycles. The van der Waals surface area contributed by atoms with Crippen LogP contribution in [0, 0.1) is 5.82 Å². The summed E-state index contributed by atoms with van der Waals surface area (Å²) in [5.74, 6) is 0.110. The first-order valence-electron chi connectivity index (χ1n) is 5.04. The van der Waals surface area contributed by atoms with Crippen LogP contribution in [-0.4, -0.2) is 0 Å². The number of benzene rings is 1. The monoisotopic (exact) mass is 255 g/mol. The van der Waals surface area contributed by atoms with Crippen molar-refractivity contribution >= 4 is 11.6 Å². The number of furan rings is 1. The fourth-order valence-corrected chi connectivity index (χ4v) is 1.58. The van der Waals surface area contributed by atoms with E-state index in [1.54, 1.807) is 12.1 Å². The summed E-state index contributed by atoms with van der Waals surface area (Å²) in [6.45, 7) is 0.476. The van der Waals surface area contributed by atoms with Crippen LogP contribution in [-0.2, 0) is 13.2 Å². The molecule has 0 radical (unpaired) electrons. The maximum absolute atomic E-state index is 13.5. The van der Waals surface area contributed by atoms with Crippen LogP contribution < -0.4 is 10.5 Å². The zero-order chi connectivity index (χ0) is 12.3. The SMILES string of the molecule is NCc1ccoc1COc1cccc(Cl)c1F. The van der Waals surface area contributed by atoms with Crippen molar-refractivity contribution in [3.05, 3.63) is 52.7 Å². The summed E-state index contributed by atoms with van der Waals surface area (Å²) in [6, 6.07) is 6.34. The van der Waals surface area contributed by atoms with Gasteiger partial charge in [0.25, 0.3) is 0 Å². The number of hydrogen-bond acceptors (Lipinski definition) is 3. The summed E-state index contributed by atoms with van der Waals surface area (Å²) in [4.78, 5) is 0. The maximum Gasteiger partial charge on any atom is 0.183 e. The number of ether oxygens (including phenoxy) is 1. The van der Waals surface area contributed by atoms with E-state index in [2.05, 4.69) is 0 Å². The van der Waals surface area contributed by atoms with E-state index in [0.29, 0.717) is 12.3 Å². The molecule has 0 unspecified atom stereocenters. The quantitative estimate of drug-likeness (QED) is 0.913. The van der Waals surface area contributed by atoms with Crippen LogP contribution in [0.15, 0.2) is 34.9 Å². The Balaban J connectivity index is 2.10. The molecule has 0 aliphatic carbocycles. The van der Waals surface area contributed by atoms with Gasteiger partial charge in [0.05, 0.1) is 11.3 Å². The van der Waals surface area contributed by atoms with Gasteiger partial charge in [-0.05, 0) is 18.2 Å². The van der Waals surface area contributed by atoms with Gasteiger partial charge in [-0.1, -0.05) is 17.7 Å². The van der Waals surface area contributed by atoms with E-state index >= 15 is 0 Å². The fourth-order valence-electron chi connectivity index (χ4n) is 1.41. The van der Waals surface area contributed by atoms with Crippen molar-refractivity contribution in [1.29, 1.82) is 0 Å². The molecular formula is C12H11ClFNO2. The second-order valence-corrected chi connectivity index (χ2v) is 3.82. The van der Waals surface area contributed by atoms with Gasteiger partial charge >= 0.3 is 0 Å². The Labute approximate surface area is 103 Å². The Bertz CT molecular complexity index is 513. The molecule has 17 heavy (non-hydrogen) atoms. The zero-order valence-electron chi connectivity index (χ0n) is 8.95. The molecule has 0 aliphatic rings. The molecule has 0 amide bonds. The van der Waals surface area contributed by atoms with E-state index in [9.17, 15) is 4.39 Å². The first-order valence-corrected chi connectivity index (χ1v) is 5.42. The second-order valence-electron chi connectivity index (χ2n) is 3.41. The van der Waals surface area contributed by atoms with E-state index in [1.807, 2.05) is 0 Å². The van der Waals surface area contributed by atoms with Crippen molar-refractivity contribution in [1.82, 2.24) is 0 Å². The standard InChI is InChI=1S/C12H11ClFNO2/c13-9-2-1-3-10(12(9)14)17-7-11-8(6-15)4-5-16-11/h1-5H,6-7,15H2. The summed E-state index contributed by atoms with van der Waals surface area (Å²) in [7, 11) is 0. The normalized spacial score (nSPS) is 10.5. The van der Waals surface area contributed by atoms with Gasteiger partial charge < -0.3 is 14.9 Å². The first-order chi connectivity index (χ1) is 8.22. The molecule has 2 aromatic rings. The molecule has 0 bridgehead atoms. The largest absolute Gasteiger partial charge is 0.483 e. The molecule has 0 aliphatic heterocycles. The Kier molecular flexibility index (Phi) is 3.66. The highest BCUT2D eigenvalue weighted by Crippen LogP contribution is 2.25. The van der Waals surface area contributed by atoms with Crippen molar-refractivity contribution in [3.63, 3.8) is 0 Å². The van der Waals surface area contributed by atoms with Crippen molar-refractivity contribution in [3.8, 4) is 5.75 Å². The summed E-state index contributed by atoms with van der Waals surface area (Å²) in [5, 5.41) is 0.0287. The molecule has 1 aromatic heterocycles. The summed E-state index contributed by atoms with van der Waals surface area (Å²) in [5.41, 5.74) is 6.35. The average Bonchev–Trinajstić information content (AvgIpc) is 2.78. The lowest BCUT2D eigenvalue weighted by Crippen LogP contribution is -2.02. The maximum atomic E-state index is 13.5. The summed E-state index contributed by atoms with van der Waals surface area (Å²) >= 11 is 5.63. The Morgan fingerprint density at radius 3 is 2.94 bits per heavy atom. The van der Waals surface area contributed by atoms with Crippen molar-refractivity contribution in [2.24, 2.45) is 5.73 Å². The van der Waals surface area contributed by atoms with Crippen LogP contribution >= 0.6 is 11.6 Å². The minimum Gasteiger partial charge on any atom is -0.483 e. The number of hydrogen-bond donors (Lipinski definition) is 1. The molecule has 0 spiro atoms. The summed E-state index contributed by atoms with van der Waals surface area (Å²) < 4.78 is 24.0. The van der Waals surface area contributed by atoms with Gasteiger partial charge in [0, 0.05) is 12.1 Å². The first kappa shape index (κ1) is 12.0. The van der Waals surface area contributed by atoms with Gasteiger partial charge in [-0.15, -0.1) is 0 Å². The van der Waals surface area contributed by atoms with Crippen LogP contribution in [0.3, 0.4) is 0 Å². The van der Waals surface area contributed by atoms with Gasteiger partial charge in [-0.25, -0.2) is 4.39 Å². The highest BCUT2D eigenvalue weighted by molar-refractivity contribution is 6.30. The fraction of sp³-hybridized carbons (Fsp3) is 0.167. The molecule has 0 saturated carbocycles. The van der Waals surface area contributed by atoms with Gasteiger partial charge in [0.2, 0.25) is 0 Å². The Morgan fingerprint density at radius 2 is 2.18 bits per heavy atom. The summed E-state index contributed by atoms with van der Waals surface area (Å²) in [6.07, 6.45) is 1.52. The van der Waals surface area contributed by atoms with Crippen LogP contribution in [0.2, 0.25) is 5.02 Å². The lowest BCUT2D eigenvalue weighted by atomic mass is 10.2. The third kappa shape index (κ3) is 2.60. The molecule has 2 rings (SSSR count). The van der Waals surface area contributed by atoms with E-state index in [1.165, 1.54) is 18.4 Å². The minimum atomic E-state index is -0.574. The third-order valence-corrected chi connectivity index (χ3v) is 2.62. The smallest absolute Gasteiger partial charge is 0.183 e. The molecule has 2 N–H and O–H groups in total. The van der Waals surface area contributed by atoms with Gasteiger partial charge in [-0.2, -0.15) is 0 Å². The van der Waals surface area contributed by atoms with Gasteiger partial charge in [-0.3, -0.25) is 0 Å². The lowest BCUT2D eigenvalue weighted by molar-refractivity contribution is 0.257. The van der Waals surface area contributed by atoms with Crippen molar-refractivity contribution in [2.45, 2.75) is 13.2 Å². The highest BCUT2D eigenvalue weighted by Gasteiger charge is 2.10. The van der Waals surface area contributed by atoms with E-state index in [4.69, 9.17) is 26.5 Å². The second kappa shape index (κ2) is 5.21. The zero-order valence-corrected chi connectivity index (χ0v) is 9.71. The number of halogens is 2. The average molecular weight is 256 g/mol. The number of nitrogens with two attached hydrogens (primary N) is 1. The van der Waals surface area contributed by atoms with Gasteiger partial charge in [0.15, 0.2) is 11.6 Å².